The van der Waals surface area contributed by atoms with E-state index in [-0.39, 0.29) is 4.90 Å². The first-order valence-corrected chi connectivity index (χ1v) is 8.81. The predicted octanol–water partition coefficient (Wildman–Crippen LogP) is 1.35. The van der Waals surface area contributed by atoms with Crippen LogP contribution in [0, 0.1) is 6.92 Å². The van der Waals surface area contributed by atoms with Crippen LogP contribution >= 0.6 is 0 Å². The second-order valence-corrected chi connectivity index (χ2v) is 7.74. The van der Waals surface area contributed by atoms with E-state index in [0.717, 1.165) is 11.3 Å². The van der Waals surface area contributed by atoms with Crippen LogP contribution in [0.3, 0.4) is 0 Å². The standard InChI is InChI=1S/C7H8O3S.C5H11OS/c1-6-2-4-7(5-3-6)11(8,9)10;1-5(6)4-7(2)3/h2-5H,1H3,(H,8,9,10);4H2,1-3H3/q;+1/p-1. The molecule has 1 aromatic carbocycles. The van der Waals surface area contributed by atoms with Crippen LogP contribution in [0.1, 0.15) is 12.5 Å². The Balaban J connectivity index is 0.000000360. The molecule has 0 unspecified atom stereocenters. The molecule has 102 valence electrons. The Bertz CT molecular complexity index is 475. The average Bonchev–Trinajstić information content (AvgIpc) is 2.15. The van der Waals surface area contributed by atoms with Crippen molar-refractivity contribution in [1.29, 1.82) is 0 Å². The number of Topliss-reactive ketones (excluding diaryl/α,β-unsaturated/α-hetero) is 1. The molecular formula is C12H18O4S2. The van der Waals surface area contributed by atoms with Gasteiger partial charge in [-0.25, -0.2) is 8.42 Å². The molecular weight excluding hydrogens is 272 g/mol. The van der Waals surface area contributed by atoms with Gasteiger partial charge in [0, 0.05) is 0 Å². The van der Waals surface area contributed by atoms with Crippen molar-refractivity contribution in [3.63, 3.8) is 0 Å². The second-order valence-electron chi connectivity index (χ2n) is 4.10. The van der Waals surface area contributed by atoms with E-state index in [2.05, 4.69) is 12.5 Å². The van der Waals surface area contributed by atoms with Crippen molar-refractivity contribution in [3.8, 4) is 0 Å². The lowest BCUT2D eigenvalue weighted by Gasteiger charge is -2.05. The number of rotatable bonds is 3. The highest BCUT2D eigenvalue weighted by atomic mass is 32.2. The van der Waals surface area contributed by atoms with Crippen molar-refractivity contribution >= 4 is 26.8 Å². The molecule has 0 aliphatic heterocycles. The Labute approximate surface area is 112 Å². The number of ketones is 1. The maximum atomic E-state index is 10.4. The number of hydrogen-bond donors (Lipinski definition) is 0. The molecule has 0 saturated heterocycles. The summed E-state index contributed by atoms with van der Waals surface area (Å²) in [7, 11) is -3.96. The molecule has 0 aliphatic carbocycles. The minimum absolute atomic E-state index is 0.178. The third-order valence-corrected chi connectivity index (χ3v) is 3.63. The molecule has 0 spiro atoms. The van der Waals surface area contributed by atoms with Crippen LogP contribution in [-0.4, -0.2) is 37.0 Å². The van der Waals surface area contributed by atoms with Gasteiger partial charge < -0.3 is 4.55 Å². The fraction of sp³-hybridized carbons (Fsp3) is 0.417. The SMILES string of the molecule is CC(=O)C[S+](C)C.Cc1ccc(S(=O)(=O)[O-])cc1. The van der Waals surface area contributed by atoms with Gasteiger partial charge >= 0.3 is 0 Å². The minimum atomic E-state index is -4.27. The van der Waals surface area contributed by atoms with Crippen LogP contribution in [0.5, 0.6) is 0 Å². The molecule has 0 atom stereocenters. The molecule has 0 amide bonds. The summed E-state index contributed by atoms with van der Waals surface area (Å²) >= 11 is 0. The largest absolute Gasteiger partial charge is 0.744 e. The summed E-state index contributed by atoms with van der Waals surface area (Å²) in [5.74, 6) is 1.05. The van der Waals surface area contributed by atoms with Crippen molar-refractivity contribution < 1.29 is 17.8 Å². The zero-order valence-electron chi connectivity index (χ0n) is 11.0. The first-order valence-electron chi connectivity index (χ1n) is 5.19. The molecule has 0 N–H and O–H groups in total. The maximum Gasteiger partial charge on any atom is 0.178 e. The molecule has 4 nitrogen and oxygen atoms in total. The molecule has 0 bridgehead atoms. The van der Waals surface area contributed by atoms with Gasteiger partial charge in [-0.2, -0.15) is 0 Å². The quantitative estimate of drug-likeness (QED) is 0.622. The molecule has 0 heterocycles. The van der Waals surface area contributed by atoms with Gasteiger partial charge in [0.15, 0.2) is 11.5 Å². The van der Waals surface area contributed by atoms with Crippen molar-refractivity contribution in [1.82, 2.24) is 0 Å². The molecule has 1 rings (SSSR count). The molecule has 0 saturated carbocycles. The van der Waals surface area contributed by atoms with Gasteiger partial charge in [0.1, 0.15) is 10.1 Å². The fourth-order valence-electron chi connectivity index (χ4n) is 1.11. The van der Waals surface area contributed by atoms with Crippen molar-refractivity contribution in [3.05, 3.63) is 29.8 Å². The fourth-order valence-corrected chi connectivity index (χ4v) is 2.39. The summed E-state index contributed by atoms with van der Waals surface area (Å²) < 4.78 is 31.2. The van der Waals surface area contributed by atoms with E-state index >= 15 is 0 Å². The lowest BCUT2D eigenvalue weighted by molar-refractivity contribution is -0.114. The Kier molecular flexibility index (Phi) is 7.20. The minimum Gasteiger partial charge on any atom is -0.744 e. The Morgan fingerprint density at radius 3 is 1.89 bits per heavy atom. The van der Waals surface area contributed by atoms with Gasteiger partial charge in [-0.3, -0.25) is 4.79 Å². The summed E-state index contributed by atoms with van der Waals surface area (Å²) in [6.07, 6.45) is 4.14. The summed E-state index contributed by atoms with van der Waals surface area (Å²) in [5, 5.41) is 0. The van der Waals surface area contributed by atoms with E-state index < -0.39 is 10.1 Å². The number of aryl methyl sites for hydroxylation is 1. The van der Waals surface area contributed by atoms with E-state index in [1.807, 2.05) is 6.92 Å². The average molecular weight is 290 g/mol. The molecule has 1 aromatic rings. The van der Waals surface area contributed by atoms with Gasteiger partial charge in [-0.1, -0.05) is 17.7 Å². The van der Waals surface area contributed by atoms with Gasteiger partial charge in [0.25, 0.3) is 0 Å². The molecule has 0 aliphatic rings. The highest BCUT2D eigenvalue weighted by molar-refractivity contribution is 7.96. The van der Waals surface area contributed by atoms with Gasteiger partial charge in [-0.15, -0.1) is 0 Å². The third kappa shape index (κ3) is 8.27. The number of benzene rings is 1. The van der Waals surface area contributed by atoms with Crippen molar-refractivity contribution in [2.75, 3.05) is 18.3 Å². The number of carbonyl (C=O) groups is 1. The summed E-state index contributed by atoms with van der Waals surface area (Å²) in [6.45, 7) is 3.45. The van der Waals surface area contributed by atoms with E-state index in [1.165, 1.54) is 12.1 Å². The molecule has 6 heteroatoms. The highest BCUT2D eigenvalue weighted by Gasteiger charge is 2.03. The van der Waals surface area contributed by atoms with E-state index in [9.17, 15) is 17.8 Å². The maximum absolute atomic E-state index is 10.4. The van der Waals surface area contributed by atoms with Crippen LogP contribution in [-0.2, 0) is 25.8 Å². The highest BCUT2D eigenvalue weighted by Crippen LogP contribution is 2.08. The van der Waals surface area contributed by atoms with E-state index in [1.54, 1.807) is 19.1 Å². The van der Waals surface area contributed by atoms with Gasteiger partial charge in [-0.05, 0) is 36.9 Å². The third-order valence-electron chi connectivity index (χ3n) is 1.80. The zero-order valence-corrected chi connectivity index (χ0v) is 12.6. The van der Waals surface area contributed by atoms with Gasteiger partial charge in [0.2, 0.25) is 0 Å². The summed E-state index contributed by atoms with van der Waals surface area (Å²) in [5.41, 5.74) is 0.928. The zero-order chi connectivity index (χ0) is 14.3. The topological polar surface area (TPSA) is 74.3 Å². The van der Waals surface area contributed by atoms with E-state index in [0.29, 0.717) is 16.7 Å². The first kappa shape index (κ1) is 17.2. The monoisotopic (exact) mass is 290 g/mol. The first-order chi connectivity index (χ1) is 8.12. The normalized spacial score (nSPS) is 10.8. The van der Waals surface area contributed by atoms with Crippen molar-refractivity contribution in [2.45, 2.75) is 18.7 Å². The molecule has 18 heavy (non-hydrogen) atoms. The second kappa shape index (κ2) is 7.56. The molecule has 0 fully saturated rings. The molecule has 0 radical (unpaired) electrons. The van der Waals surface area contributed by atoms with Crippen LogP contribution in [0.4, 0.5) is 0 Å². The van der Waals surface area contributed by atoms with Crippen LogP contribution < -0.4 is 0 Å². The number of hydrogen-bond acceptors (Lipinski definition) is 4. The van der Waals surface area contributed by atoms with Crippen molar-refractivity contribution in [2.24, 2.45) is 0 Å². The van der Waals surface area contributed by atoms with Crippen LogP contribution in [0.2, 0.25) is 0 Å². The van der Waals surface area contributed by atoms with Gasteiger partial charge in [0.05, 0.1) is 17.4 Å². The predicted molar refractivity (Wildman–Crippen MR) is 73.9 cm³/mol. The van der Waals surface area contributed by atoms with E-state index in [4.69, 9.17) is 0 Å². The Hall–Kier alpha value is -0.850. The smallest absolute Gasteiger partial charge is 0.178 e. The molecule has 0 aromatic heterocycles. The Morgan fingerprint density at radius 1 is 1.22 bits per heavy atom. The number of carbonyl (C=O) groups excluding carboxylic acids is 1. The van der Waals surface area contributed by atoms with Crippen LogP contribution in [0.25, 0.3) is 0 Å². The van der Waals surface area contributed by atoms with Crippen LogP contribution in [0.15, 0.2) is 29.2 Å². The summed E-state index contributed by atoms with van der Waals surface area (Å²) in [6, 6.07) is 5.78. The Morgan fingerprint density at radius 2 is 1.67 bits per heavy atom. The lowest BCUT2D eigenvalue weighted by atomic mass is 10.2. The summed E-state index contributed by atoms with van der Waals surface area (Å²) in [4.78, 5) is 10.1. The lowest BCUT2D eigenvalue weighted by Crippen LogP contribution is -2.09.